The third-order valence-electron chi connectivity index (χ3n) is 6.55. The van der Waals surface area contributed by atoms with Gasteiger partial charge in [0.15, 0.2) is 0 Å². The topological polar surface area (TPSA) is 122 Å². The number of esters is 1. The number of nitrogens with zero attached hydrogens (tertiary/aromatic N) is 1. The Balaban J connectivity index is 1.65. The number of thioether (sulfide) groups is 1. The number of nitrogen functional groups attached to an aromatic ring is 1. The fraction of sp³-hybridized carbons (Fsp3) is 0.423. The number of fused-ring (bicyclic) bond motifs is 3. The molecule has 35 heavy (non-hydrogen) atoms. The summed E-state index contributed by atoms with van der Waals surface area (Å²) in [5.74, 6) is -0.858. The number of carboxylic acid groups (broad SMARTS) is 1. The Bertz CT molecular complexity index is 1080. The summed E-state index contributed by atoms with van der Waals surface area (Å²) in [6, 6.07) is 12.5. The van der Waals surface area contributed by atoms with Gasteiger partial charge in [0.1, 0.15) is 12.1 Å². The first-order chi connectivity index (χ1) is 16.9. The molecule has 2 heterocycles. The van der Waals surface area contributed by atoms with Crippen molar-refractivity contribution in [2.75, 3.05) is 23.8 Å². The van der Waals surface area contributed by atoms with Crippen LogP contribution in [0.15, 0.2) is 48.5 Å². The van der Waals surface area contributed by atoms with Crippen LogP contribution in [0, 0.1) is 0 Å². The molecular formula is C26H31N3O5S. The van der Waals surface area contributed by atoms with Crippen molar-refractivity contribution in [2.45, 2.75) is 50.4 Å². The van der Waals surface area contributed by atoms with E-state index in [1.165, 1.54) is 16.7 Å². The number of nitrogens with two attached hydrogens (primary N) is 1. The molecule has 186 valence electrons. The summed E-state index contributed by atoms with van der Waals surface area (Å²) in [6.07, 6.45) is 1.41. The van der Waals surface area contributed by atoms with Crippen molar-refractivity contribution < 1.29 is 24.2 Å². The van der Waals surface area contributed by atoms with Crippen LogP contribution in [0.3, 0.4) is 0 Å². The van der Waals surface area contributed by atoms with Crippen LogP contribution in [-0.4, -0.2) is 64.1 Å². The number of carboxylic acids is 1. The highest BCUT2D eigenvalue weighted by atomic mass is 32.2. The van der Waals surface area contributed by atoms with E-state index in [4.69, 9.17) is 10.5 Å². The summed E-state index contributed by atoms with van der Waals surface area (Å²) in [5.41, 5.74) is 9.51. The van der Waals surface area contributed by atoms with Gasteiger partial charge in [-0.2, -0.15) is 11.8 Å². The lowest BCUT2D eigenvalue weighted by atomic mass is 9.96. The number of rotatable bonds is 8. The molecule has 8 nitrogen and oxygen atoms in total. The molecule has 0 spiro atoms. The van der Waals surface area contributed by atoms with Gasteiger partial charge in [-0.15, -0.1) is 0 Å². The van der Waals surface area contributed by atoms with Gasteiger partial charge in [-0.3, -0.25) is 14.9 Å². The van der Waals surface area contributed by atoms with Crippen LogP contribution in [-0.2, 0) is 32.0 Å². The molecule has 1 amide bonds. The van der Waals surface area contributed by atoms with Gasteiger partial charge in [-0.25, -0.2) is 4.79 Å². The van der Waals surface area contributed by atoms with Gasteiger partial charge in [-0.1, -0.05) is 36.4 Å². The van der Waals surface area contributed by atoms with E-state index in [2.05, 4.69) is 5.32 Å². The second-order valence-electron chi connectivity index (χ2n) is 8.86. The Morgan fingerprint density at radius 1 is 1.23 bits per heavy atom. The van der Waals surface area contributed by atoms with Crippen molar-refractivity contribution in [3.05, 3.63) is 65.2 Å². The molecule has 9 heteroatoms. The van der Waals surface area contributed by atoms with E-state index >= 15 is 0 Å². The maximum Gasteiger partial charge on any atom is 0.327 e. The molecule has 0 aromatic heterocycles. The zero-order valence-corrected chi connectivity index (χ0v) is 20.5. The lowest BCUT2D eigenvalue weighted by Crippen LogP contribution is -2.58. The lowest BCUT2D eigenvalue weighted by molar-refractivity contribution is -0.153. The molecular weight excluding hydrogens is 466 g/mol. The Labute approximate surface area is 209 Å². The second kappa shape index (κ2) is 11.1. The molecule has 4 atom stereocenters. The number of nitrogens with one attached hydrogen (secondary N) is 1. The van der Waals surface area contributed by atoms with Crippen LogP contribution >= 0.6 is 11.8 Å². The van der Waals surface area contributed by atoms with E-state index in [-0.39, 0.29) is 12.5 Å². The number of ether oxygens (including phenoxy) is 1. The first-order valence-corrected chi connectivity index (χ1v) is 13.0. The Morgan fingerprint density at radius 3 is 2.71 bits per heavy atom. The first-order valence-electron chi connectivity index (χ1n) is 11.9. The van der Waals surface area contributed by atoms with E-state index in [1.807, 2.05) is 42.5 Å². The summed E-state index contributed by atoms with van der Waals surface area (Å²) in [7, 11) is 0. The fourth-order valence-corrected chi connectivity index (χ4v) is 6.07. The number of anilines is 1. The molecule has 0 bridgehead atoms. The quantitative estimate of drug-likeness (QED) is 0.376. The van der Waals surface area contributed by atoms with Gasteiger partial charge in [0.25, 0.3) is 0 Å². The normalized spacial score (nSPS) is 22.5. The van der Waals surface area contributed by atoms with Crippen molar-refractivity contribution in [3.8, 4) is 0 Å². The summed E-state index contributed by atoms with van der Waals surface area (Å²) < 4.78 is 5.31. The van der Waals surface area contributed by atoms with E-state index < -0.39 is 36.1 Å². The van der Waals surface area contributed by atoms with Gasteiger partial charge in [0.05, 0.1) is 18.7 Å². The van der Waals surface area contributed by atoms with Crippen molar-refractivity contribution in [1.29, 1.82) is 0 Å². The van der Waals surface area contributed by atoms with E-state index in [0.29, 0.717) is 36.5 Å². The average Bonchev–Trinajstić information content (AvgIpc) is 2.97. The van der Waals surface area contributed by atoms with E-state index in [0.717, 1.165) is 16.7 Å². The summed E-state index contributed by atoms with van der Waals surface area (Å²) in [5, 5.41) is 13.2. The van der Waals surface area contributed by atoms with Crippen LogP contribution < -0.4 is 11.1 Å². The van der Waals surface area contributed by atoms with Gasteiger partial charge in [0.2, 0.25) is 5.91 Å². The van der Waals surface area contributed by atoms with Gasteiger partial charge < -0.3 is 20.5 Å². The predicted octanol–water partition coefficient (Wildman–Crippen LogP) is 2.42. The molecule has 0 aliphatic carbocycles. The number of aliphatic carboxylic acids is 1. The number of carbonyl (C=O) groups is 3. The van der Waals surface area contributed by atoms with Gasteiger partial charge in [-0.05, 0) is 55.0 Å². The van der Waals surface area contributed by atoms with E-state index in [1.54, 1.807) is 13.0 Å². The highest BCUT2D eigenvalue weighted by Crippen LogP contribution is 2.39. The molecule has 2 aromatic carbocycles. The van der Waals surface area contributed by atoms with Crippen LogP contribution in [0.2, 0.25) is 0 Å². The molecule has 4 rings (SSSR count). The molecule has 4 N–H and O–H groups in total. The Hall–Kier alpha value is -3.04. The highest BCUT2D eigenvalue weighted by Gasteiger charge is 2.45. The average molecular weight is 498 g/mol. The SMILES string of the molecule is CCOC(=O)[C@H](CCc1ccccc1)N[C@@H]1Cc2ccc(N)cc2[C@@H]2CSC[C@H](C(=O)O)N2C1=O. The minimum absolute atomic E-state index is 0.232. The molecule has 1 fully saturated rings. The third-order valence-corrected chi connectivity index (χ3v) is 7.65. The third kappa shape index (κ3) is 5.62. The zero-order chi connectivity index (χ0) is 24.9. The van der Waals surface area contributed by atoms with Crippen LogP contribution in [0.25, 0.3) is 0 Å². The monoisotopic (exact) mass is 497 g/mol. The van der Waals surface area contributed by atoms with Crippen LogP contribution in [0.5, 0.6) is 0 Å². The maximum atomic E-state index is 13.8. The highest BCUT2D eigenvalue weighted by molar-refractivity contribution is 7.99. The molecule has 2 aliphatic rings. The van der Waals surface area contributed by atoms with Crippen LogP contribution in [0.1, 0.15) is 36.1 Å². The largest absolute Gasteiger partial charge is 0.480 e. The Morgan fingerprint density at radius 2 is 2.00 bits per heavy atom. The smallest absolute Gasteiger partial charge is 0.327 e. The minimum atomic E-state index is -1.03. The lowest BCUT2D eigenvalue weighted by Gasteiger charge is -2.40. The van der Waals surface area contributed by atoms with Gasteiger partial charge >= 0.3 is 11.9 Å². The maximum absolute atomic E-state index is 13.8. The first kappa shape index (κ1) is 25.1. The van der Waals surface area contributed by atoms with Gasteiger partial charge in [0, 0.05) is 17.2 Å². The number of benzene rings is 2. The number of amides is 1. The second-order valence-corrected chi connectivity index (χ2v) is 9.94. The molecule has 0 saturated carbocycles. The van der Waals surface area contributed by atoms with Crippen LogP contribution in [0.4, 0.5) is 5.69 Å². The molecule has 0 radical (unpaired) electrons. The van der Waals surface area contributed by atoms with Crippen molar-refractivity contribution >= 4 is 35.3 Å². The number of aryl methyl sites for hydroxylation is 1. The number of hydrogen-bond donors (Lipinski definition) is 3. The van der Waals surface area contributed by atoms with E-state index in [9.17, 15) is 19.5 Å². The van der Waals surface area contributed by atoms with Crippen molar-refractivity contribution in [1.82, 2.24) is 10.2 Å². The standard InChI is InChI=1S/C26H31N3O5S/c1-2-34-26(33)20(11-8-16-6-4-3-5-7-16)28-21-12-17-9-10-18(27)13-19(17)22-14-35-15-23(25(31)32)29(22)24(21)30/h3-7,9-10,13,20-23,28H,2,8,11-12,14-15,27H2,1H3,(H,31,32)/t20-,21+,22-,23+/m0/s1. The summed E-state index contributed by atoms with van der Waals surface area (Å²) >= 11 is 1.52. The minimum Gasteiger partial charge on any atom is -0.480 e. The summed E-state index contributed by atoms with van der Waals surface area (Å²) in [6.45, 7) is 1.98. The molecule has 1 saturated heterocycles. The summed E-state index contributed by atoms with van der Waals surface area (Å²) in [4.78, 5) is 40.3. The van der Waals surface area contributed by atoms with Crippen molar-refractivity contribution in [2.24, 2.45) is 0 Å². The van der Waals surface area contributed by atoms with Crippen molar-refractivity contribution in [3.63, 3.8) is 0 Å². The predicted molar refractivity (Wildman–Crippen MR) is 135 cm³/mol. The number of carbonyl (C=O) groups excluding carboxylic acids is 2. The molecule has 0 unspecified atom stereocenters. The fourth-order valence-electron chi connectivity index (χ4n) is 4.84. The molecule has 2 aromatic rings. The molecule has 2 aliphatic heterocycles. The Kier molecular flexibility index (Phi) is 7.97. The zero-order valence-electron chi connectivity index (χ0n) is 19.7. The number of hydrogen-bond acceptors (Lipinski definition) is 7.